The van der Waals surface area contributed by atoms with Crippen LogP contribution in [0.2, 0.25) is 5.02 Å². The molecule has 2 aromatic carbocycles. The maximum atomic E-state index is 12.5. The molecule has 4 rings (SSSR count). The van der Waals surface area contributed by atoms with Gasteiger partial charge in [-0.3, -0.25) is 10.1 Å². The summed E-state index contributed by atoms with van der Waals surface area (Å²) in [6.07, 6.45) is 0. The SMILES string of the molecule is Cc1ccc(-c2nn3c(C)nnc3s2)cc1NC(=S)NC(=O)c1cc(Br)ccc1Cl. The summed E-state index contributed by atoms with van der Waals surface area (Å²) in [4.78, 5) is 13.3. The predicted octanol–water partition coefficient (Wildman–Crippen LogP) is 5.01. The molecule has 0 radical (unpaired) electrons. The number of benzene rings is 2. The molecule has 11 heteroatoms. The van der Waals surface area contributed by atoms with Gasteiger partial charge < -0.3 is 5.32 Å². The Hall–Kier alpha value is -2.40. The quantitative estimate of drug-likeness (QED) is 0.369. The average Bonchev–Trinajstić information content (AvgIpc) is 3.27. The predicted molar refractivity (Wildman–Crippen MR) is 126 cm³/mol. The number of fused-ring (bicyclic) bond motifs is 1. The monoisotopic (exact) mass is 520 g/mol. The van der Waals surface area contributed by atoms with E-state index in [9.17, 15) is 4.79 Å². The van der Waals surface area contributed by atoms with Crippen molar-refractivity contribution in [1.29, 1.82) is 0 Å². The summed E-state index contributed by atoms with van der Waals surface area (Å²) >= 11 is 16.2. The van der Waals surface area contributed by atoms with Crippen LogP contribution >= 0.6 is 51.1 Å². The third-order valence-electron chi connectivity index (χ3n) is 4.28. The minimum Gasteiger partial charge on any atom is -0.332 e. The van der Waals surface area contributed by atoms with Crippen molar-refractivity contribution in [3.63, 3.8) is 0 Å². The van der Waals surface area contributed by atoms with Crippen molar-refractivity contribution in [3.8, 4) is 10.6 Å². The number of nitrogens with one attached hydrogen (secondary N) is 2. The first kappa shape index (κ1) is 20.9. The molecule has 0 bridgehead atoms. The number of thiocarbonyl (C=S) groups is 1. The van der Waals surface area contributed by atoms with Gasteiger partial charge in [-0.1, -0.05) is 51.0 Å². The molecular formula is C19H14BrClN6OS2. The van der Waals surface area contributed by atoms with E-state index in [-0.39, 0.29) is 5.11 Å². The van der Waals surface area contributed by atoms with Crippen LogP contribution in [0.15, 0.2) is 40.9 Å². The second-order valence-corrected chi connectivity index (χ2v) is 9.10. The maximum Gasteiger partial charge on any atom is 0.258 e. The summed E-state index contributed by atoms with van der Waals surface area (Å²) in [5.74, 6) is 0.338. The zero-order valence-electron chi connectivity index (χ0n) is 15.7. The van der Waals surface area contributed by atoms with Gasteiger partial charge >= 0.3 is 0 Å². The Morgan fingerprint density at radius 2 is 2.00 bits per heavy atom. The van der Waals surface area contributed by atoms with Crippen molar-refractivity contribution in [1.82, 2.24) is 25.1 Å². The Morgan fingerprint density at radius 3 is 2.77 bits per heavy atom. The molecule has 0 atom stereocenters. The lowest BCUT2D eigenvalue weighted by atomic mass is 10.1. The Bertz CT molecular complexity index is 1300. The van der Waals surface area contributed by atoms with Crippen molar-refractivity contribution in [2.75, 3.05) is 5.32 Å². The number of carbonyl (C=O) groups is 1. The third kappa shape index (κ3) is 4.22. The lowest BCUT2D eigenvalue weighted by molar-refractivity contribution is 0.0978. The summed E-state index contributed by atoms with van der Waals surface area (Å²) in [6.45, 7) is 3.80. The van der Waals surface area contributed by atoms with Crippen LogP contribution in [0.3, 0.4) is 0 Å². The van der Waals surface area contributed by atoms with Gasteiger partial charge in [-0.25, -0.2) is 0 Å². The van der Waals surface area contributed by atoms with Gasteiger partial charge in [0.1, 0.15) is 5.01 Å². The first-order chi connectivity index (χ1) is 14.3. The van der Waals surface area contributed by atoms with Crippen LogP contribution in [0.4, 0.5) is 5.69 Å². The van der Waals surface area contributed by atoms with Crippen LogP contribution in [0.25, 0.3) is 15.5 Å². The number of hydrogen-bond donors (Lipinski definition) is 2. The van der Waals surface area contributed by atoms with Gasteiger partial charge in [0.25, 0.3) is 5.91 Å². The van der Waals surface area contributed by atoms with Gasteiger partial charge in [0.2, 0.25) is 4.96 Å². The fourth-order valence-electron chi connectivity index (χ4n) is 2.72. The van der Waals surface area contributed by atoms with Gasteiger partial charge in [-0.2, -0.15) is 9.61 Å². The Kier molecular flexibility index (Phi) is 5.83. The van der Waals surface area contributed by atoms with Gasteiger partial charge in [0.15, 0.2) is 10.9 Å². The van der Waals surface area contributed by atoms with E-state index in [1.807, 2.05) is 32.0 Å². The van der Waals surface area contributed by atoms with Crippen LogP contribution in [0, 0.1) is 13.8 Å². The van der Waals surface area contributed by atoms with E-state index in [2.05, 4.69) is 41.9 Å². The van der Waals surface area contributed by atoms with E-state index < -0.39 is 5.91 Å². The first-order valence-corrected chi connectivity index (χ1v) is 11.1. The van der Waals surface area contributed by atoms with Gasteiger partial charge in [-0.15, -0.1) is 10.2 Å². The van der Waals surface area contributed by atoms with E-state index in [0.717, 1.165) is 37.1 Å². The van der Waals surface area contributed by atoms with Gasteiger partial charge in [-0.05, 0) is 55.9 Å². The Balaban J connectivity index is 1.54. The second kappa shape index (κ2) is 8.38. The molecule has 30 heavy (non-hydrogen) atoms. The highest BCUT2D eigenvalue weighted by atomic mass is 79.9. The third-order valence-corrected chi connectivity index (χ3v) is 6.25. The van der Waals surface area contributed by atoms with Crippen molar-refractivity contribution in [2.24, 2.45) is 0 Å². The lowest BCUT2D eigenvalue weighted by Crippen LogP contribution is -2.34. The maximum absolute atomic E-state index is 12.5. The number of amides is 1. The standard InChI is InChI=1S/C19H14BrClN6OS2/c1-9-3-4-11(17-26-27-10(2)24-25-19(27)30-17)7-15(9)22-18(29)23-16(28)13-8-12(20)5-6-14(13)21/h3-8H,1-2H3,(H2,22,23,28,29). The molecule has 1 amide bonds. The topological polar surface area (TPSA) is 84.2 Å². The molecule has 0 aliphatic heterocycles. The summed E-state index contributed by atoms with van der Waals surface area (Å²) < 4.78 is 2.46. The lowest BCUT2D eigenvalue weighted by Gasteiger charge is -2.13. The van der Waals surface area contributed by atoms with Gasteiger partial charge in [0, 0.05) is 15.7 Å². The molecule has 2 aromatic heterocycles. The van der Waals surface area contributed by atoms with Crippen LogP contribution < -0.4 is 10.6 Å². The molecular weight excluding hydrogens is 508 g/mol. The number of nitrogens with zero attached hydrogens (tertiary/aromatic N) is 4. The van der Waals surface area contributed by atoms with E-state index in [1.54, 1.807) is 22.7 Å². The van der Waals surface area contributed by atoms with E-state index in [1.165, 1.54) is 11.3 Å². The highest BCUT2D eigenvalue weighted by molar-refractivity contribution is 9.10. The van der Waals surface area contributed by atoms with Crippen molar-refractivity contribution in [2.45, 2.75) is 13.8 Å². The molecule has 0 aliphatic rings. The zero-order valence-corrected chi connectivity index (χ0v) is 19.7. The zero-order chi connectivity index (χ0) is 21.4. The van der Waals surface area contributed by atoms with E-state index in [4.69, 9.17) is 23.8 Å². The molecule has 2 heterocycles. The number of anilines is 1. The molecule has 0 saturated heterocycles. The molecule has 0 fully saturated rings. The number of halogens is 2. The number of hydrogen-bond acceptors (Lipinski definition) is 6. The van der Waals surface area contributed by atoms with Crippen LogP contribution in [-0.2, 0) is 0 Å². The summed E-state index contributed by atoms with van der Waals surface area (Å²) in [5.41, 5.74) is 2.97. The van der Waals surface area contributed by atoms with Crippen LogP contribution in [0.5, 0.6) is 0 Å². The minimum atomic E-state index is -0.392. The molecule has 7 nitrogen and oxygen atoms in total. The van der Waals surface area contributed by atoms with Gasteiger partial charge in [0.05, 0.1) is 10.6 Å². The average molecular weight is 522 g/mol. The molecule has 0 unspecified atom stereocenters. The molecule has 0 aliphatic carbocycles. The number of rotatable bonds is 3. The Morgan fingerprint density at radius 1 is 1.20 bits per heavy atom. The number of aryl methyl sites for hydroxylation is 2. The highest BCUT2D eigenvalue weighted by Crippen LogP contribution is 2.29. The summed E-state index contributed by atoms with van der Waals surface area (Å²) in [6, 6.07) is 10.9. The summed E-state index contributed by atoms with van der Waals surface area (Å²) in [5, 5.41) is 19.7. The first-order valence-electron chi connectivity index (χ1n) is 8.69. The molecule has 152 valence electrons. The molecule has 0 spiro atoms. The van der Waals surface area contributed by atoms with Crippen LogP contribution in [-0.4, -0.2) is 30.8 Å². The van der Waals surface area contributed by atoms with Crippen LogP contribution in [0.1, 0.15) is 21.7 Å². The number of aromatic nitrogens is 4. The Labute approximate surface area is 194 Å². The van der Waals surface area contributed by atoms with Crippen molar-refractivity contribution in [3.05, 3.63) is 62.8 Å². The summed E-state index contributed by atoms with van der Waals surface area (Å²) in [7, 11) is 0. The fraction of sp³-hybridized carbons (Fsp3) is 0.105. The van der Waals surface area contributed by atoms with Crippen molar-refractivity contribution < 1.29 is 4.79 Å². The van der Waals surface area contributed by atoms with E-state index >= 15 is 0 Å². The van der Waals surface area contributed by atoms with E-state index in [0.29, 0.717) is 10.6 Å². The molecule has 0 saturated carbocycles. The normalized spacial score (nSPS) is 10.9. The number of carbonyl (C=O) groups excluding carboxylic acids is 1. The smallest absolute Gasteiger partial charge is 0.258 e. The fourth-order valence-corrected chi connectivity index (χ4v) is 4.37. The minimum absolute atomic E-state index is 0.172. The van der Waals surface area contributed by atoms with Crippen molar-refractivity contribution >= 4 is 72.8 Å². The highest BCUT2D eigenvalue weighted by Gasteiger charge is 2.15. The molecule has 2 N–H and O–H groups in total. The largest absolute Gasteiger partial charge is 0.332 e. The molecule has 4 aromatic rings. The second-order valence-electron chi connectivity index (χ2n) is 6.41.